The van der Waals surface area contributed by atoms with Crippen molar-refractivity contribution < 1.29 is 46.3 Å². The van der Waals surface area contributed by atoms with Gasteiger partial charge in [0.15, 0.2) is 52.9 Å². The Hall–Kier alpha value is -15.5. The van der Waals surface area contributed by atoms with Crippen LogP contribution >= 0.6 is 0 Å². The summed E-state index contributed by atoms with van der Waals surface area (Å²) in [6.45, 7) is 8.37. The molecule has 0 radical (unpaired) electrons. The monoisotopic (exact) mass is 1610 g/mol. The Bertz CT molecular complexity index is 5090. The SMILES string of the molecule is FC(F)(F)c1cccc(N2COc3c(ccc4cccnc34)C2)c1.c1cnc(N2COc3cccnc3C2)nc1.c1cnc(N2COc3ncccc3C2)nc1.c1cnc2c(c1)CN(c1ccncc1)CO2.c1cnc2c(c1)CN(c1ccncc1)CO2.c1cnc2c(c1)OCN(c1ccncc1)C2.c1cncc(N2COc3ncccc3C2)c1. The minimum atomic E-state index is -4.36. The van der Waals surface area contributed by atoms with Gasteiger partial charge in [0.05, 0.1) is 56.7 Å². The van der Waals surface area contributed by atoms with Gasteiger partial charge in [-0.05, 0) is 133 Å². The number of fused-ring (bicyclic) bond motifs is 9. The van der Waals surface area contributed by atoms with E-state index in [2.05, 4.69) is 94.4 Å². The van der Waals surface area contributed by atoms with Crippen LogP contribution in [-0.2, 0) is 52.0 Å². The van der Waals surface area contributed by atoms with Crippen molar-refractivity contribution in [1.29, 1.82) is 0 Å². The molecule has 15 aromatic rings. The summed E-state index contributed by atoms with van der Waals surface area (Å²) in [6.07, 6.45) is 29.1. The van der Waals surface area contributed by atoms with Gasteiger partial charge in [-0.3, -0.25) is 34.9 Å². The Morgan fingerprint density at radius 1 is 0.258 bits per heavy atom. The molecule has 0 aliphatic carbocycles. The molecule has 22 rings (SSSR count). The Morgan fingerprint density at radius 3 is 1.12 bits per heavy atom. The second-order valence-corrected chi connectivity index (χ2v) is 27.2. The van der Waals surface area contributed by atoms with Crippen LogP contribution in [0.25, 0.3) is 10.9 Å². The smallest absolute Gasteiger partial charge is 0.416 e. The molecule has 29 nitrogen and oxygen atoms in total. The molecule has 7 aliphatic rings. The number of alkyl halides is 3. The van der Waals surface area contributed by atoms with Crippen LogP contribution in [0, 0.1) is 0 Å². The van der Waals surface area contributed by atoms with E-state index in [9.17, 15) is 13.2 Å². The molecule has 0 atom stereocenters. The molecule has 20 heterocycles. The number of hydrogen-bond donors (Lipinski definition) is 0. The van der Waals surface area contributed by atoms with Crippen LogP contribution in [0.1, 0.15) is 44.8 Å². The predicted molar refractivity (Wildman–Crippen MR) is 441 cm³/mol. The number of ether oxygens (including phenoxy) is 7. The first kappa shape index (κ1) is 78.4. The highest BCUT2D eigenvalue weighted by Crippen LogP contribution is 2.38. The van der Waals surface area contributed by atoms with Crippen LogP contribution in [0.15, 0.2) is 300 Å². The Morgan fingerprint density at radius 2 is 0.625 bits per heavy atom. The van der Waals surface area contributed by atoms with E-state index in [4.69, 9.17) is 33.2 Å². The van der Waals surface area contributed by atoms with E-state index in [0.717, 1.165) is 147 Å². The third kappa shape index (κ3) is 20.0. The number of rotatable bonds is 7. The van der Waals surface area contributed by atoms with Crippen LogP contribution < -0.4 is 67.5 Å². The van der Waals surface area contributed by atoms with E-state index in [1.807, 2.05) is 162 Å². The average Bonchev–Trinajstić information content (AvgIpc) is 0.775. The molecule has 0 spiro atoms. The van der Waals surface area contributed by atoms with E-state index >= 15 is 0 Å². The topological polar surface area (TPSA) is 281 Å². The zero-order chi connectivity index (χ0) is 81.5. The van der Waals surface area contributed by atoms with Crippen LogP contribution in [0.5, 0.6) is 40.8 Å². The second-order valence-electron chi connectivity index (χ2n) is 27.2. The first-order valence-electron chi connectivity index (χ1n) is 38.1. The number of pyridine rings is 11. The molecular formula is C88H77F3N22O7. The number of benzene rings is 2. The molecule has 0 bridgehead atoms. The van der Waals surface area contributed by atoms with Crippen LogP contribution in [0.2, 0.25) is 0 Å². The maximum Gasteiger partial charge on any atom is 0.416 e. The van der Waals surface area contributed by atoms with Crippen LogP contribution in [0.3, 0.4) is 0 Å². The van der Waals surface area contributed by atoms with Gasteiger partial charge in [0.2, 0.25) is 35.4 Å². The highest BCUT2D eigenvalue weighted by atomic mass is 19.4. The standard InChI is InChI=1S/C18H13F3N2O.4C12H11N3O.2C11H10N4O/c19-18(20,21)14-4-1-5-15(9-14)23-10-13-7-6-12-3-2-8-22-16(12)17(13)24-11-23;1-3-10-8-15(9-16-12(10)14-6-1)11-4-2-5-13-7-11;1-2-12-11(14-5-1)8-15(9-16-12)10-3-6-13-7-4-10;2*1-2-10-8-15(9-16-12(10)14-5-1)11-3-6-13-7-4-11;1-3-10-9(12-4-1)7-15(8-16-10)11-13-5-2-6-14-11;1-3-9-7-15(8-16-10(9)12-4-1)11-13-5-2-6-14-11/h1-9H,10-11H2;4*1-7H,8-9H2;2*1-6H,7-8H2. The summed E-state index contributed by atoms with van der Waals surface area (Å²) in [7, 11) is 0. The van der Waals surface area contributed by atoms with Gasteiger partial charge in [-0.25, -0.2) is 39.9 Å². The zero-order valence-electron chi connectivity index (χ0n) is 64.5. The van der Waals surface area contributed by atoms with Crippen molar-refractivity contribution in [2.75, 3.05) is 81.4 Å². The summed E-state index contributed by atoms with van der Waals surface area (Å²) in [5, 5.41) is 0.976. The lowest BCUT2D eigenvalue weighted by molar-refractivity contribution is -0.137. The third-order valence-electron chi connectivity index (χ3n) is 19.2. The van der Waals surface area contributed by atoms with Crippen molar-refractivity contribution in [3.8, 4) is 40.8 Å². The highest BCUT2D eigenvalue weighted by molar-refractivity contribution is 5.86. The van der Waals surface area contributed by atoms with E-state index in [0.29, 0.717) is 82.7 Å². The second kappa shape index (κ2) is 38.3. The fourth-order valence-corrected chi connectivity index (χ4v) is 13.3. The number of anilines is 7. The Balaban J connectivity index is 0.000000105. The van der Waals surface area contributed by atoms with Gasteiger partial charge in [-0.15, -0.1) is 0 Å². The molecule has 2 aromatic carbocycles. The van der Waals surface area contributed by atoms with E-state index in [1.165, 1.54) is 6.07 Å². The largest absolute Gasteiger partial charge is 0.471 e. The molecule has 13 aromatic heterocycles. The van der Waals surface area contributed by atoms with Gasteiger partial charge in [-0.2, -0.15) is 13.2 Å². The molecule has 120 heavy (non-hydrogen) atoms. The maximum absolute atomic E-state index is 12.9. The van der Waals surface area contributed by atoms with Gasteiger partial charge < -0.3 is 67.5 Å². The summed E-state index contributed by atoms with van der Waals surface area (Å²) in [4.78, 5) is 76.7. The van der Waals surface area contributed by atoms with Gasteiger partial charge in [0.1, 0.15) is 28.4 Å². The van der Waals surface area contributed by atoms with E-state index < -0.39 is 11.7 Å². The summed E-state index contributed by atoms with van der Waals surface area (Å²) in [6, 6.07) is 55.8. The molecule has 0 N–H and O–H groups in total. The van der Waals surface area contributed by atoms with Crippen molar-refractivity contribution in [2.45, 2.75) is 52.0 Å². The molecule has 0 saturated heterocycles. The lowest BCUT2D eigenvalue weighted by atomic mass is 10.1. The summed E-state index contributed by atoms with van der Waals surface area (Å²) in [5.41, 5.74) is 12.2. The van der Waals surface area contributed by atoms with Gasteiger partial charge in [0.25, 0.3) is 0 Å². The number of hydrogen-bond acceptors (Lipinski definition) is 29. The lowest BCUT2D eigenvalue weighted by Gasteiger charge is -2.31. The van der Waals surface area contributed by atoms with Crippen molar-refractivity contribution in [3.05, 3.63) is 344 Å². The molecule has 602 valence electrons. The molecule has 32 heteroatoms. The third-order valence-corrected chi connectivity index (χ3v) is 19.2. The van der Waals surface area contributed by atoms with Crippen molar-refractivity contribution in [2.24, 2.45) is 0 Å². The normalized spacial score (nSPS) is 14.2. The Labute approximate surface area is 687 Å². The molecule has 0 fully saturated rings. The molecule has 7 aliphatic heterocycles. The van der Waals surface area contributed by atoms with E-state index in [1.54, 1.807) is 135 Å². The van der Waals surface area contributed by atoms with E-state index in [-0.39, 0.29) is 6.73 Å². The first-order valence-corrected chi connectivity index (χ1v) is 38.1. The zero-order valence-corrected chi connectivity index (χ0v) is 64.5. The van der Waals surface area contributed by atoms with Crippen molar-refractivity contribution in [1.82, 2.24) is 74.8 Å². The maximum atomic E-state index is 12.9. The van der Waals surface area contributed by atoms with Crippen molar-refractivity contribution in [3.63, 3.8) is 0 Å². The lowest BCUT2D eigenvalue weighted by Crippen LogP contribution is -2.33. The number of aromatic nitrogens is 15. The molecule has 0 unspecified atom stereocenters. The van der Waals surface area contributed by atoms with Gasteiger partial charge >= 0.3 is 6.18 Å². The van der Waals surface area contributed by atoms with Gasteiger partial charge in [0, 0.05) is 174 Å². The van der Waals surface area contributed by atoms with Crippen molar-refractivity contribution >= 4 is 51.2 Å². The fourth-order valence-electron chi connectivity index (χ4n) is 13.3. The minimum Gasteiger partial charge on any atom is -0.471 e. The number of halogens is 3. The highest BCUT2D eigenvalue weighted by Gasteiger charge is 2.32. The first-order chi connectivity index (χ1) is 59.1. The fraction of sp³-hybridized carbons (Fsp3) is 0.170. The Kier molecular flexibility index (Phi) is 25.0. The summed E-state index contributed by atoms with van der Waals surface area (Å²) in [5.74, 6) is 6.70. The minimum absolute atomic E-state index is 0.185. The average molecular weight is 1610 g/mol. The predicted octanol–water partition coefficient (Wildman–Crippen LogP) is 14.4. The quantitative estimate of drug-likeness (QED) is 0.143. The number of nitrogens with zero attached hydrogens (tertiary/aromatic N) is 22. The van der Waals surface area contributed by atoms with Crippen LogP contribution in [0.4, 0.5) is 53.5 Å². The van der Waals surface area contributed by atoms with Gasteiger partial charge in [-0.1, -0.05) is 48.5 Å². The van der Waals surface area contributed by atoms with Crippen LogP contribution in [-0.4, -0.2) is 122 Å². The molecule has 0 amide bonds. The summed E-state index contributed by atoms with van der Waals surface area (Å²) >= 11 is 0. The molecule has 0 saturated carbocycles. The molecular weight excluding hydrogens is 1530 g/mol. The summed E-state index contributed by atoms with van der Waals surface area (Å²) < 4.78 is 78.0.